The first-order valence-corrected chi connectivity index (χ1v) is 23.2. The van der Waals surface area contributed by atoms with Gasteiger partial charge >= 0.3 is 0 Å². The molecule has 0 N–H and O–H groups in total. The van der Waals surface area contributed by atoms with Crippen LogP contribution in [0.4, 0.5) is 0 Å². The Morgan fingerprint density at radius 1 is 0.343 bits per heavy atom. The second-order valence-electron chi connectivity index (χ2n) is 16.9. The van der Waals surface area contributed by atoms with E-state index in [1.807, 2.05) is 72.8 Å². The molecule has 0 aliphatic carbocycles. The Hall–Kier alpha value is -10.0. The Morgan fingerprint density at radius 3 is 1.37 bits per heavy atom. The molecule has 3 heterocycles. The Labute approximate surface area is 405 Å². The molecule has 12 aromatic rings. The van der Waals surface area contributed by atoms with E-state index < -0.39 is 0 Å². The lowest BCUT2D eigenvalue weighted by atomic mass is 9.96. The van der Waals surface area contributed by atoms with Crippen LogP contribution in [0.25, 0.3) is 115 Å². The molecule has 9 heteroatoms. The van der Waals surface area contributed by atoms with Gasteiger partial charge in [0.05, 0.1) is 63.3 Å². The lowest BCUT2D eigenvalue weighted by molar-refractivity contribution is 1.06. The quantitative estimate of drug-likeness (QED) is 0.155. The smallest absolute Gasteiger partial charge is 0.166 e. The average molecular weight is 909 g/mol. The number of fused-ring (bicyclic) bond motifs is 6. The predicted molar refractivity (Wildman–Crippen MR) is 279 cm³/mol. The molecular weight excluding hydrogens is 877 g/mol. The van der Waals surface area contributed by atoms with Gasteiger partial charge in [-0.3, -0.25) is 0 Å². The fourth-order valence-corrected chi connectivity index (χ4v) is 10.6. The van der Waals surface area contributed by atoms with E-state index in [0.29, 0.717) is 39.7 Å². The maximum Gasteiger partial charge on any atom is 0.166 e. The van der Waals surface area contributed by atoms with Crippen LogP contribution in [0.5, 0.6) is 0 Å². The molecule has 0 spiro atoms. The lowest BCUT2D eigenvalue weighted by Gasteiger charge is -2.17. The minimum atomic E-state index is 0.391. The zero-order valence-corrected chi connectivity index (χ0v) is 37.8. The summed E-state index contributed by atoms with van der Waals surface area (Å²) < 4.78 is 4.65. The highest BCUT2D eigenvalue weighted by Crippen LogP contribution is 2.44. The van der Waals surface area contributed by atoms with Crippen LogP contribution >= 0.6 is 11.3 Å². The summed E-state index contributed by atoms with van der Waals surface area (Å²) in [4.78, 5) is 15.7. The van der Waals surface area contributed by atoms with Gasteiger partial charge in [0.2, 0.25) is 0 Å². The Kier molecular flexibility index (Phi) is 10.1. The van der Waals surface area contributed by atoms with E-state index in [2.05, 4.69) is 114 Å². The summed E-state index contributed by atoms with van der Waals surface area (Å²) in [6.45, 7) is 0. The van der Waals surface area contributed by atoms with Crippen molar-refractivity contribution < 1.29 is 0 Å². The summed E-state index contributed by atoms with van der Waals surface area (Å²) in [5, 5.41) is 43.9. The van der Waals surface area contributed by atoms with Crippen LogP contribution in [-0.2, 0) is 0 Å². The van der Waals surface area contributed by atoms with E-state index in [9.17, 15) is 21.0 Å². The lowest BCUT2D eigenvalue weighted by Crippen LogP contribution is -2.04. The molecule has 9 aromatic carbocycles. The molecule has 0 saturated carbocycles. The van der Waals surface area contributed by atoms with Crippen molar-refractivity contribution >= 4 is 53.3 Å². The van der Waals surface area contributed by atoms with Crippen molar-refractivity contribution in [3.8, 4) is 97.5 Å². The van der Waals surface area contributed by atoms with E-state index in [1.165, 1.54) is 20.2 Å². The molecule has 0 aliphatic rings. The summed E-state index contributed by atoms with van der Waals surface area (Å²) in [7, 11) is 0. The number of aromatic nitrogens is 4. The second-order valence-corrected chi connectivity index (χ2v) is 18.0. The van der Waals surface area contributed by atoms with E-state index in [0.717, 1.165) is 77.6 Å². The number of thiophene rings is 1. The van der Waals surface area contributed by atoms with Crippen LogP contribution in [0.2, 0.25) is 0 Å². The summed E-state index contributed by atoms with van der Waals surface area (Å²) in [6, 6.07) is 73.1. The first kappa shape index (κ1) is 41.4. The van der Waals surface area contributed by atoms with Gasteiger partial charge in [0.1, 0.15) is 0 Å². The molecule has 0 amide bonds. The van der Waals surface area contributed by atoms with Gasteiger partial charge in [-0.2, -0.15) is 21.0 Å². The van der Waals surface area contributed by atoms with Gasteiger partial charge < -0.3 is 4.57 Å². The highest BCUT2D eigenvalue weighted by atomic mass is 32.1. The van der Waals surface area contributed by atoms with Crippen LogP contribution in [-0.4, -0.2) is 19.5 Å². The van der Waals surface area contributed by atoms with Crippen molar-refractivity contribution in [3.05, 3.63) is 216 Å². The molecule has 0 fully saturated rings. The average Bonchev–Trinajstić information content (AvgIpc) is 3.98. The van der Waals surface area contributed by atoms with Gasteiger partial charge in [-0.25, -0.2) is 15.0 Å². The van der Waals surface area contributed by atoms with Crippen LogP contribution in [0.3, 0.4) is 0 Å². The molecule has 0 saturated heterocycles. The summed E-state index contributed by atoms with van der Waals surface area (Å²) in [6.07, 6.45) is 0. The van der Waals surface area contributed by atoms with Crippen molar-refractivity contribution in [1.29, 1.82) is 21.0 Å². The van der Waals surface area contributed by atoms with Crippen molar-refractivity contribution in [3.63, 3.8) is 0 Å². The van der Waals surface area contributed by atoms with Crippen molar-refractivity contribution in [2.24, 2.45) is 0 Å². The van der Waals surface area contributed by atoms with E-state index in [1.54, 1.807) is 47.7 Å². The van der Waals surface area contributed by atoms with Crippen molar-refractivity contribution in [1.82, 2.24) is 19.5 Å². The molecule has 0 bridgehead atoms. The highest BCUT2D eigenvalue weighted by molar-refractivity contribution is 7.25. The summed E-state index contributed by atoms with van der Waals surface area (Å²) in [5.41, 5.74) is 11.9. The van der Waals surface area contributed by atoms with Gasteiger partial charge in [-0.05, 0) is 118 Å². The molecule has 70 heavy (non-hydrogen) atoms. The standard InChI is InChI=1S/C61H32N8S/c62-33-37-24-38(34-63)27-46(26-37)43-18-21-53-50(30-43)51-31-44(47-28-39(35-64)25-40(29-47)36-65)19-22-54(51)69(53)55-23-20-45(48-15-9-17-57-58(48)49-14-7-8-16-56(49)70-57)32-52(55)61-67-59(41-10-3-1-4-11-41)66-60(68-61)42-12-5-2-6-13-42/h1-32H. The highest BCUT2D eigenvalue weighted by Gasteiger charge is 2.23. The molecular formula is C61H32N8S. The molecule has 0 aliphatic heterocycles. The Bertz CT molecular complexity index is 4040. The third-order valence-electron chi connectivity index (χ3n) is 12.7. The van der Waals surface area contributed by atoms with Crippen LogP contribution in [0.1, 0.15) is 22.3 Å². The summed E-state index contributed by atoms with van der Waals surface area (Å²) in [5.74, 6) is 1.57. The fourth-order valence-electron chi connectivity index (χ4n) is 9.51. The van der Waals surface area contributed by atoms with Crippen LogP contribution in [0.15, 0.2) is 194 Å². The number of benzene rings is 9. The maximum absolute atomic E-state index is 9.93. The number of nitriles is 4. The third-order valence-corrected chi connectivity index (χ3v) is 13.8. The minimum absolute atomic E-state index is 0.391. The number of rotatable bonds is 7. The number of hydrogen-bond donors (Lipinski definition) is 0. The fraction of sp³-hybridized carbons (Fsp3) is 0. The van der Waals surface area contributed by atoms with Gasteiger partial charge in [0.15, 0.2) is 17.5 Å². The largest absolute Gasteiger partial charge is 0.308 e. The van der Waals surface area contributed by atoms with Gasteiger partial charge in [-0.1, -0.05) is 109 Å². The Morgan fingerprint density at radius 2 is 0.829 bits per heavy atom. The first-order valence-electron chi connectivity index (χ1n) is 22.4. The Balaban J connectivity index is 1.17. The molecule has 3 aromatic heterocycles. The zero-order valence-electron chi connectivity index (χ0n) is 37.0. The number of nitrogens with zero attached hydrogens (tertiary/aromatic N) is 8. The molecule has 8 nitrogen and oxygen atoms in total. The zero-order chi connectivity index (χ0) is 47.3. The van der Waals surface area contributed by atoms with Gasteiger partial charge in [0.25, 0.3) is 0 Å². The molecule has 12 rings (SSSR count). The van der Waals surface area contributed by atoms with E-state index >= 15 is 0 Å². The van der Waals surface area contributed by atoms with Crippen LogP contribution < -0.4 is 0 Å². The molecule has 0 atom stereocenters. The van der Waals surface area contributed by atoms with E-state index in [-0.39, 0.29) is 0 Å². The molecule has 0 radical (unpaired) electrons. The normalized spacial score (nSPS) is 11.1. The predicted octanol–water partition coefficient (Wildman–Crippen LogP) is 14.8. The molecule has 0 unspecified atom stereocenters. The molecule has 322 valence electrons. The first-order chi connectivity index (χ1) is 34.5. The topological polar surface area (TPSA) is 139 Å². The minimum Gasteiger partial charge on any atom is -0.308 e. The van der Waals surface area contributed by atoms with Gasteiger partial charge in [0, 0.05) is 47.6 Å². The third kappa shape index (κ3) is 7.17. The maximum atomic E-state index is 9.93. The van der Waals surface area contributed by atoms with Gasteiger partial charge in [-0.15, -0.1) is 11.3 Å². The van der Waals surface area contributed by atoms with Crippen LogP contribution in [0, 0.1) is 45.3 Å². The SMILES string of the molecule is N#Cc1cc(C#N)cc(-c2ccc3c(c2)c2cc(-c4cc(C#N)cc(C#N)c4)ccc2n3-c2ccc(-c3cccc4sc5ccccc5c34)cc2-c2nc(-c3ccccc3)nc(-c3ccccc3)n2)c1. The van der Waals surface area contributed by atoms with Crippen molar-refractivity contribution in [2.45, 2.75) is 0 Å². The summed E-state index contributed by atoms with van der Waals surface area (Å²) >= 11 is 1.78. The number of hydrogen-bond acceptors (Lipinski definition) is 8. The van der Waals surface area contributed by atoms with Crippen molar-refractivity contribution in [2.75, 3.05) is 0 Å². The monoisotopic (exact) mass is 908 g/mol. The van der Waals surface area contributed by atoms with E-state index in [4.69, 9.17) is 15.0 Å². The second kappa shape index (κ2) is 17.0.